The lowest BCUT2D eigenvalue weighted by atomic mass is 10.0. The molecule has 0 spiro atoms. The largest absolute Gasteiger partial charge is 0.494 e. The van der Waals surface area contributed by atoms with E-state index in [-0.39, 0.29) is 23.6 Å². The number of hydrogen-bond donors (Lipinski definition) is 1. The van der Waals surface area contributed by atoms with Crippen LogP contribution in [0, 0.1) is 5.82 Å². The molecule has 1 aromatic rings. The van der Waals surface area contributed by atoms with Crippen molar-refractivity contribution in [2.24, 2.45) is 0 Å². The van der Waals surface area contributed by atoms with Crippen molar-refractivity contribution in [2.45, 2.75) is 39.3 Å². The molecule has 2 rings (SSSR count). The van der Waals surface area contributed by atoms with Gasteiger partial charge in [-0.3, -0.25) is 4.90 Å². The quantitative estimate of drug-likeness (QED) is 0.868. The van der Waals surface area contributed by atoms with Crippen LogP contribution < -0.4 is 10.1 Å². The fourth-order valence-electron chi connectivity index (χ4n) is 3.08. The van der Waals surface area contributed by atoms with E-state index in [1.54, 1.807) is 11.0 Å². The van der Waals surface area contributed by atoms with Gasteiger partial charge in [0.2, 0.25) is 0 Å². The maximum Gasteiger partial charge on any atom is 0.317 e. The number of rotatable bonds is 6. The lowest BCUT2D eigenvalue weighted by Gasteiger charge is -2.33. The van der Waals surface area contributed by atoms with Crippen LogP contribution in [0.15, 0.2) is 18.2 Å². The van der Waals surface area contributed by atoms with Crippen LogP contribution in [0.2, 0.25) is 0 Å². The van der Waals surface area contributed by atoms with E-state index in [4.69, 9.17) is 4.74 Å². The maximum absolute atomic E-state index is 13.8. The molecular weight excluding hydrogens is 309 g/mol. The van der Waals surface area contributed by atoms with Gasteiger partial charge in [-0.05, 0) is 44.4 Å². The first-order valence-electron chi connectivity index (χ1n) is 8.67. The van der Waals surface area contributed by atoms with Crippen LogP contribution in [-0.4, -0.2) is 55.2 Å². The van der Waals surface area contributed by atoms with Gasteiger partial charge in [0.25, 0.3) is 0 Å². The molecule has 0 radical (unpaired) electrons. The van der Waals surface area contributed by atoms with Crippen molar-refractivity contribution in [3.05, 3.63) is 29.6 Å². The second-order valence-corrected chi connectivity index (χ2v) is 6.14. The molecule has 1 saturated heterocycles. The zero-order chi connectivity index (χ0) is 17.5. The zero-order valence-electron chi connectivity index (χ0n) is 14.8. The summed E-state index contributed by atoms with van der Waals surface area (Å²) in [7, 11) is 1.47. The predicted octanol–water partition coefficient (Wildman–Crippen LogP) is 2.85. The van der Waals surface area contributed by atoms with E-state index in [0.29, 0.717) is 0 Å². The van der Waals surface area contributed by atoms with Crippen LogP contribution in [0.3, 0.4) is 0 Å². The highest BCUT2D eigenvalue weighted by molar-refractivity contribution is 5.74. The molecule has 5 nitrogen and oxygen atoms in total. The highest BCUT2D eigenvalue weighted by atomic mass is 19.1. The summed E-state index contributed by atoms with van der Waals surface area (Å²) in [6, 6.07) is 5.35. The van der Waals surface area contributed by atoms with Gasteiger partial charge in [0.05, 0.1) is 7.11 Å². The minimum atomic E-state index is -0.323. The van der Waals surface area contributed by atoms with Crippen molar-refractivity contribution in [2.75, 3.05) is 33.3 Å². The van der Waals surface area contributed by atoms with Crippen LogP contribution in [0.5, 0.6) is 5.75 Å². The number of amides is 2. The van der Waals surface area contributed by atoms with E-state index in [0.717, 1.165) is 51.1 Å². The van der Waals surface area contributed by atoms with Gasteiger partial charge in [-0.15, -0.1) is 0 Å². The number of piperidine rings is 1. The Morgan fingerprint density at radius 1 is 1.33 bits per heavy atom. The molecule has 1 fully saturated rings. The first kappa shape index (κ1) is 18.5. The van der Waals surface area contributed by atoms with Crippen LogP contribution in [0.1, 0.15) is 32.3 Å². The van der Waals surface area contributed by atoms with Crippen molar-refractivity contribution in [1.29, 1.82) is 0 Å². The summed E-state index contributed by atoms with van der Waals surface area (Å²) >= 11 is 0. The van der Waals surface area contributed by atoms with Crippen molar-refractivity contribution in [1.82, 2.24) is 15.1 Å². The zero-order valence-corrected chi connectivity index (χ0v) is 14.8. The SMILES string of the molecule is CCN(CC)C(=O)NC1CCN(Cc2ccc(OC)c(F)c2)CC1. The third-order valence-corrected chi connectivity index (χ3v) is 4.59. The van der Waals surface area contributed by atoms with Gasteiger partial charge in [-0.1, -0.05) is 6.07 Å². The number of likely N-dealkylation sites (tertiary alicyclic amines) is 1. The molecule has 0 bridgehead atoms. The third kappa shape index (κ3) is 4.84. The Kier molecular flexibility index (Phi) is 6.85. The minimum absolute atomic E-state index is 0.0238. The van der Waals surface area contributed by atoms with E-state index in [1.165, 1.54) is 13.2 Å². The summed E-state index contributed by atoms with van der Waals surface area (Å²) in [5.74, 6) is -0.0482. The Labute approximate surface area is 143 Å². The highest BCUT2D eigenvalue weighted by Gasteiger charge is 2.22. The van der Waals surface area contributed by atoms with Gasteiger partial charge in [-0.25, -0.2) is 9.18 Å². The molecule has 0 saturated carbocycles. The fraction of sp³-hybridized carbons (Fsp3) is 0.611. The fourth-order valence-corrected chi connectivity index (χ4v) is 3.08. The average Bonchev–Trinajstić information content (AvgIpc) is 2.58. The standard InChI is InChI=1S/C18H28FN3O2/c1-4-22(5-2)18(23)20-15-8-10-21(11-9-15)13-14-6-7-17(24-3)16(19)12-14/h6-7,12,15H,4-5,8-11,13H2,1-3H3,(H,20,23). The smallest absolute Gasteiger partial charge is 0.317 e. The number of benzene rings is 1. The van der Waals surface area contributed by atoms with E-state index in [2.05, 4.69) is 10.2 Å². The summed E-state index contributed by atoms with van der Waals surface area (Å²) in [5, 5.41) is 3.11. The van der Waals surface area contributed by atoms with Gasteiger partial charge in [0.1, 0.15) is 0 Å². The number of carbonyl (C=O) groups excluding carboxylic acids is 1. The second-order valence-electron chi connectivity index (χ2n) is 6.14. The Balaban J connectivity index is 1.80. The summed E-state index contributed by atoms with van der Waals surface area (Å²) in [6.07, 6.45) is 1.84. The monoisotopic (exact) mass is 337 g/mol. The number of carbonyl (C=O) groups is 1. The summed E-state index contributed by atoms with van der Waals surface area (Å²) in [5.41, 5.74) is 0.943. The molecule has 0 unspecified atom stereocenters. The number of hydrogen-bond acceptors (Lipinski definition) is 3. The van der Waals surface area contributed by atoms with Crippen LogP contribution in [-0.2, 0) is 6.54 Å². The summed E-state index contributed by atoms with van der Waals surface area (Å²) in [6.45, 7) is 7.94. The second kappa shape index (κ2) is 8.87. The molecular formula is C18H28FN3O2. The van der Waals surface area contributed by atoms with Gasteiger partial charge in [-0.2, -0.15) is 0 Å². The van der Waals surface area contributed by atoms with Gasteiger partial charge in [0.15, 0.2) is 11.6 Å². The number of ether oxygens (including phenoxy) is 1. The molecule has 1 N–H and O–H groups in total. The number of urea groups is 1. The van der Waals surface area contributed by atoms with Gasteiger partial charge < -0.3 is 15.0 Å². The minimum Gasteiger partial charge on any atom is -0.494 e. The first-order chi connectivity index (χ1) is 11.6. The van der Waals surface area contributed by atoms with Crippen molar-refractivity contribution in [3.8, 4) is 5.75 Å². The Bertz CT molecular complexity index is 541. The molecule has 0 aliphatic carbocycles. The summed E-state index contributed by atoms with van der Waals surface area (Å²) in [4.78, 5) is 16.2. The van der Waals surface area contributed by atoms with Crippen LogP contribution >= 0.6 is 0 Å². The highest BCUT2D eigenvalue weighted by Crippen LogP contribution is 2.20. The van der Waals surface area contributed by atoms with E-state index < -0.39 is 0 Å². The molecule has 1 aliphatic rings. The predicted molar refractivity (Wildman–Crippen MR) is 92.7 cm³/mol. The van der Waals surface area contributed by atoms with Gasteiger partial charge in [0, 0.05) is 38.8 Å². The van der Waals surface area contributed by atoms with Gasteiger partial charge >= 0.3 is 6.03 Å². The van der Waals surface area contributed by atoms with Crippen molar-refractivity contribution < 1.29 is 13.9 Å². The number of halogens is 1. The number of nitrogens with zero attached hydrogens (tertiary/aromatic N) is 2. The molecule has 24 heavy (non-hydrogen) atoms. The van der Waals surface area contributed by atoms with Crippen molar-refractivity contribution in [3.63, 3.8) is 0 Å². The topological polar surface area (TPSA) is 44.8 Å². The number of methoxy groups -OCH3 is 1. The molecule has 0 atom stereocenters. The Morgan fingerprint density at radius 3 is 2.54 bits per heavy atom. The lowest BCUT2D eigenvalue weighted by Crippen LogP contribution is -2.49. The van der Waals surface area contributed by atoms with Crippen LogP contribution in [0.4, 0.5) is 9.18 Å². The molecule has 134 valence electrons. The maximum atomic E-state index is 13.8. The van der Waals surface area contributed by atoms with E-state index >= 15 is 0 Å². The first-order valence-corrected chi connectivity index (χ1v) is 8.67. The lowest BCUT2D eigenvalue weighted by molar-refractivity contribution is 0.171. The number of nitrogens with one attached hydrogen (secondary N) is 1. The molecule has 1 aliphatic heterocycles. The molecule has 2 amide bonds. The Morgan fingerprint density at radius 2 is 2.00 bits per heavy atom. The third-order valence-electron chi connectivity index (χ3n) is 4.59. The molecule has 0 aromatic heterocycles. The van der Waals surface area contributed by atoms with Crippen LogP contribution in [0.25, 0.3) is 0 Å². The van der Waals surface area contributed by atoms with Crippen molar-refractivity contribution >= 4 is 6.03 Å². The average molecular weight is 337 g/mol. The van der Waals surface area contributed by atoms with E-state index in [9.17, 15) is 9.18 Å². The summed E-state index contributed by atoms with van der Waals surface area (Å²) < 4.78 is 18.7. The molecule has 1 aromatic carbocycles. The Hall–Kier alpha value is -1.82. The van der Waals surface area contributed by atoms with E-state index in [1.807, 2.05) is 19.9 Å². The normalized spacial score (nSPS) is 16.0. The molecule has 1 heterocycles. The molecule has 6 heteroatoms.